The van der Waals surface area contributed by atoms with Crippen molar-refractivity contribution in [1.29, 1.82) is 0 Å². The molecule has 1 atom stereocenters. The van der Waals surface area contributed by atoms with Gasteiger partial charge in [0.05, 0.1) is 6.61 Å². The summed E-state index contributed by atoms with van der Waals surface area (Å²) in [5.41, 5.74) is 0.961. The number of aromatic nitrogens is 1. The van der Waals surface area contributed by atoms with Crippen LogP contribution in [0.25, 0.3) is 0 Å². The number of carbonyl (C=O) groups excluding carboxylic acids is 1. The summed E-state index contributed by atoms with van der Waals surface area (Å²) in [7, 11) is 1.64. The van der Waals surface area contributed by atoms with Gasteiger partial charge in [0.25, 0.3) is 0 Å². The van der Waals surface area contributed by atoms with Gasteiger partial charge in [-0.3, -0.25) is 4.90 Å². The lowest BCUT2D eigenvalue weighted by Crippen LogP contribution is -2.41. The molecule has 1 aromatic rings. The fourth-order valence-corrected chi connectivity index (χ4v) is 3.45. The maximum Gasteiger partial charge on any atom is 0.317 e. The minimum absolute atomic E-state index is 0.0159. The van der Waals surface area contributed by atoms with Crippen molar-refractivity contribution in [1.82, 2.24) is 20.1 Å². The smallest absolute Gasteiger partial charge is 0.317 e. The van der Waals surface area contributed by atoms with Gasteiger partial charge in [0, 0.05) is 45.0 Å². The molecule has 2 amide bonds. The Hall–Kier alpha value is -1.86. The van der Waals surface area contributed by atoms with Gasteiger partial charge in [0.2, 0.25) is 5.88 Å². The van der Waals surface area contributed by atoms with E-state index in [2.05, 4.69) is 15.2 Å². The van der Waals surface area contributed by atoms with Crippen molar-refractivity contribution in [2.24, 2.45) is 0 Å². The first kappa shape index (κ1) is 17.9. The highest BCUT2D eigenvalue weighted by atomic mass is 16.5. The van der Waals surface area contributed by atoms with E-state index in [4.69, 9.17) is 9.47 Å². The molecule has 3 rings (SSSR count). The molecule has 2 saturated heterocycles. The Bertz CT molecular complexity index is 546. The third kappa shape index (κ3) is 5.06. The summed E-state index contributed by atoms with van der Waals surface area (Å²) >= 11 is 0. The lowest BCUT2D eigenvalue weighted by molar-refractivity contribution is 0.143. The molecular weight excluding hydrogens is 320 g/mol. The number of likely N-dealkylation sites (tertiary alicyclic amines) is 2. The maximum absolute atomic E-state index is 12.4. The number of hydrogen-bond acceptors (Lipinski definition) is 5. The maximum atomic E-state index is 12.4. The van der Waals surface area contributed by atoms with E-state index < -0.39 is 0 Å². The van der Waals surface area contributed by atoms with Crippen LogP contribution in [0.1, 0.15) is 24.8 Å². The minimum Gasteiger partial charge on any atom is -0.475 e. The Morgan fingerprint density at radius 3 is 2.84 bits per heavy atom. The van der Waals surface area contributed by atoms with Crippen LogP contribution in [0.5, 0.6) is 5.88 Å². The highest BCUT2D eigenvalue weighted by Gasteiger charge is 2.31. The van der Waals surface area contributed by atoms with Crippen molar-refractivity contribution in [2.75, 3.05) is 46.5 Å². The zero-order valence-corrected chi connectivity index (χ0v) is 14.9. The Labute approximate surface area is 149 Å². The van der Waals surface area contributed by atoms with Gasteiger partial charge in [0.15, 0.2) is 0 Å². The molecule has 7 nitrogen and oxygen atoms in total. The fourth-order valence-electron chi connectivity index (χ4n) is 3.45. The normalized spacial score (nSPS) is 20.8. The zero-order valence-electron chi connectivity index (χ0n) is 14.9. The molecule has 138 valence electrons. The summed E-state index contributed by atoms with van der Waals surface area (Å²) in [5.74, 6) is 0.570. The van der Waals surface area contributed by atoms with Crippen LogP contribution in [-0.2, 0) is 11.3 Å². The van der Waals surface area contributed by atoms with Gasteiger partial charge >= 0.3 is 6.03 Å². The predicted octanol–water partition coefficient (Wildman–Crippen LogP) is 1.49. The number of methoxy groups -OCH3 is 1. The van der Waals surface area contributed by atoms with E-state index in [1.165, 1.54) is 25.9 Å². The van der Waals surface area contributed by atoms with Crippen LogP contribution >= 0.6 is 0 Å². The van der Waals surface area contributed by atoms with Crippen molar-refractivity contribution < 1.29 is 14.3 Å². The van der Waals surface area contributed by atoms with Crippen LogP contribution in [0.15, 0.2) is 18.3 Å². The Kier molecular flexibility index (Phi) is 6.47. The Balaban J connectivity index is 1.40. The average molecular weight is 348 g/mol. The van der Waals surface area contributed by atoms with Crippen molar-refractivity contribution >= 4 is 6.03 Å². The number of rotatable bonds is 7. The van der Waals surface area contributed by atoms with E-state index in [1.54, 1.807) is 13.3 Å². The molecule has 7 heteroatoms. The van der Waals surface area contributed by atoms with Gasteiger partial charge in [-0.05, 0) is 37.9 Å². The van der Waals surface area contributed by atoms with Crippen molar-refractivity contribution in [3.05, 3.63) is 23.9 Å². The van der Waals surface area contributed by atoms with Crippen molar-refractivity contribution in [2.45, 2.75) is 31.8 Å². The van der Waals surface area contributed by atoms with Crippen molar-refractivity contribution in [3.63, 3.8) is 0 Å². The lowest BCUT2D eigenvalue weighted by Gasteiger charge is -2.23. The van der Waals surface area contributed by atoms with Gasteiger partial charge in [-0.25, -0.2) is 9.78 Å². The first-order valence-electron chi connectivity index (χ1n) is 9.10. The standard InChI is InChI=1S/C18H28N4O3/c1-24-10-11-25-17-5-4-15(12-19-17)13-20-18(23)22-9-6-16(14-22)21-7-2-3-8-21/h4-5,12,16H,2-3,6-11,13-14H2,1H3,(H,20,23). The molecule has 0 bridgehead atoms. The number of urea groups is 1. The van der Waals surface area contributed by atoms with Crippen LogP contribution in [0.3, 0.4) is 0 Å². The highest BCUT2D eigenvalue weighted by molar-refractivity contribution is 5.74. The molecule has 2 aliphatic heterocycles. The van der Waals surface area contributed by atoms with Crippen molar-refractivity contribution in [3.8, 4) is 5.88 Å². The van der Waals surface area contributed by atoms with E-state index in [1.807, 2.05) is 17.0 Å². The second-order valence-electron chi connectivity index (χ2n) is 6.64. The molecule has 2 fully saturated rings. The summed E-state index contributed by atoms with van der Waals surface area (Å²) in [6, 6.07) is 4.30. The Morgan fingerprint density at radius 2 is 2.12 bits per heavy atom. The molecule has 0 saturated carbocycles. The van der Waals surface area contributed by atoms with E-state index >= 15 is 0 Å². The van der Waals surface area contributed by atoms with Crippen LogP contribution in [0, 0.1) is 0 Å². The van der Waals surface area contributed by atoms with Crippen LogP contribution in [-0.4, -0.2) is 73.4 Å². The number of pyridine rings is 1. The molecule has 0 aromatic carbocycles. The summed E-state index contributed by atoms with van der Waals surface area (Å²) in [6.45, 7) is 5.55. The molecule has 2 aliphatic rings. The second-order valence-corrected chi connectivity index (χ2v) is 6.64. The van der Waals surface area contributed by atoms with Crippen LogP contribution in [0.4, 0.5) is 4.79 Å². The van der Waals surface area contributed by atoms with Crippen LogP contribution < -0.4 is 10.1 Å². The van der Waals surface area contributed by atoms with E-state index in [0.29, 0.717) is 31.7 Å². The summed E-state index contributed by atoms with van der Waals surface area (Å²) in [5, 5.41) is 2.99. The van der Waals surface area contributed by atoms with Gasteiger partial charge in [0.1, 0.15) is 6.61 Å². The monoisotopic (exact) mass is 348 g/mol. The molecule has 1 aromatic heterocycles. The summed E-state index contributed by atoms with van der Waals surface area (Å²) < 4.78 is 10.4. The molecular formula is C18H28N4O3. The lowest BCUT2D eigenvalue weighted by atomic mass is 10.2. The highest BCUT2D eigenvalue weighted by Crippen LogP contribution is 2.20. The average Bonchev–Trinajstić information content (AvgIpc) is 3.32. The molecule has 0 radical (unpaired) electrons. The fraction of sp³-hybridized carbons (Fsp3) is 0.667. The summed E-state index contributed by atoms with van der Waals surface area (Å²) in [6.07, 6.45) is 5.41. The molecule has 3 heterocycles. The van der Waals surface area contributed by atoms with Crippen LogP contribution in [0.2, 0.25) is 0 Å². The second kappa shape index (κ2) is 9.01. The molecule has 0 spiro atoms. The van der Waals surface area contributed by atoms with Gasteiger partial charge in [-0.2, -0.15) is 0 Å². The van der Waals surface area contributed by atoms with E-state index in [0.717, 1.165) is 25.1 Å². The first-order chi connectivity index (χ1) is 12.3. The number of carbonyl (C=O) groups is 1. The third-order valence-corrected chi connectivity index (χ3v) is 4.89. The molecule has 25 heavy (non-hydrogen) atoms. The number of ether oxygens (including phenoxy) is 2. The van der Waals surface area contributed by atoms with E-state index in [-0.39, 0.29) is 6.03 Å². The van der Waals surface area contributed by atoms with Gasteiger partial charge in [-0.15, -0.1) is 0 Å². The quantitative estimate of drug-likeness (QED) is 0.756. The number of hydrogen-bond donors (Lipinski definition) is 1. The molecule has 1 unspecified atom stereocenters. The zero-order chi connectivity index (χ0) is 17.5. The SMILES string of the molecule is COCCOc1ccc(CNC(=O)N2CCC(N3CCCC3)C2)cn1. The minimum atomic E-state index is 0.0159. The van der Waals surface area contributed by atoms with Gasteiger partial charge < -0.3 is 19.7 Å². The Morgan fingerprint density at radius 1 is 1.28 bits per heavy atom. The first-order valence-corrected chi connectivity index (χ1v) is 9.10. The number of nitrogens with zero attached hydrogens (tertiary/aromatic N) is 3. The topological polar surface area (TPSA) is 66.9 Å². The molecule has 0 aliphatic carbocycles. The third-order valence-electron chi connectivity index (χ3n) is 4.89. The largest absolute Gasteiger partial charge is 0.475 e. The number of nitrogens with one attached hydrogen (secondary N) is 1. The van der Waals surface area contributed by atoms with Gasteiger partial charge in [-0.1, -0.05) is 6.07 Å². The number of amides is 2. The molecule has 1 N–H and O–H groups in total. The predicted molar refractivity (Wildman–Crippen MR) is 94.6 cm³/mol. The van der Waals surface area contributed by atoms with E-state index in [9.17, 15) is 4.79 Å². The summed E-state index contributed by atoms with van der Waals surface area (Å²) in [4.78, 5) is 21.1.